The second-order valence-electron chi connectivity index (χ2n) is 7.24. The summed E-state index contributed by atoms with van der Waals surface area (Å²) in [6, 6.07) is 5.26. The zero-order valence-corrected chi connectivity index (χ0v) is 17.1. The van der Waals surface area contributed by atoms with Gasteiger partial charge in [-0.15, -0.1) is 0 Å². The van der Waals surface area contributed by atoms with Crippen molar-refractivity contribution in [2.24, 2.45) is 0 Å². The Kier molecular flexibility index (Phi) is 8.96. The smallest absolute Gasteiger partial charge is 0.387 e. The zero-order valence-electron chi connectivity index (χ0n) is 17.1. The second-order valence-corrected chi connectivity index (χ2v) is 7.24. The molecule has 0 aromatic heterocycles. The summed E-state index contributed by atoms with van der Waals surface area (Å²) in [6.07, 6.45) is 5.82. The summed E-state index contributed by atoms with van der Waals surface area (Å²) in [5, 5.41) is 0. The van der Waals surface area contributed by atoms with E-state index in [2.05, 4.69) is 4.74 Å². The molecule has 0 spiro atoms. The van der Waals surface area contributed by atoms with Gasteiger partial charge in [-0.05, 0) is 51.4 Å². The molecule has 1 amide bonds. The zero-order chi connectivity index (χ0) is 20.5. The van der Waals surface area contributed by atoms with Crippen molar-refractivity contribution in [2.75, 3.05) is 26.7 Å². The van der Waals surface area contributed by atoms with Gasteiger partial charge in [0.05, 0.1) is 13.2 Å². The highest BCUT2D eigenvalue weighted by atomic mass is 19.3. The monoisotopic (exact) mass is 398 g/mol. The lowest BCUT2D eigenvalue weighted by Gasteiger charge is -2.34. The predicted molar refractivity (Wildman–Crippen MR) is 105 cm³/mol. The third-order valence-corrected chi connectivity index (χ3v) is 5.06. The van der Waals surface area contributed by atoms with Gasteiger partial charge in [-0.1, -0.05) is 25.3 Å². The van der Waals surface area contributed by atoms with Gasteiger partial charge in [0.15, 0.2) is 11.5 Å². The normalized spacial score (nSPS) is 15.1. The van der Waals surface area contributed by atoms with Crippen molar-refractivity contribution in [3.05, 3.63) is 23.8 Å². The number of nitrogens with zero attached hydrogens (tertiary/aromatic N) is 2. The molecule has 0 atom stereocenters. The van der Waals surface area contributed by atoms with Crippen molar-refractivity contribution in [3.63, 3.8) is 0 Å². The van der Waals surface area contributed by atoms with Gasteiger partial charge in [0.2, 0.25) is 5.91 Å². The topological polar surface area (TPSA) is 42.0 Å². The Morgan fingerprint density at radius 1 is 1.18 bits per heavy atom. The molecule has 5 nitrogen and oxygen atoms in total. The molecule has 1 aromatic carbocycles. The fourth-order valence-corrected chi connectivity index (χ4v) is 3.83. The Morgan fingerprint density at radius 2 is 1.89 bits per heavy atom. The number of hydrogen-bond donors (Lipinski definition) is 0. The molecular weight excluding hydrogens is 366 g/mol. The Labute approximate surface area is 166 Å². The minimum Gasteiger partial charge on any atom is -0.490 e. The highest BCUT2D eigenvalue weighted by Crippen LogP contribution is 2.30. The number of alkyl halides is 2. The highest BCUT2D eigenvalue weighted by Gasteiger charge is 2.24. The first kappa shape index (κ1) is 22.4. The van der Waals surface area contributed by atoms with Crippen LogP contribution >= 0.6 is 0 Å². The molecule has 1 aliphatic carbocycles. The van der Waals surface area contributed by atoms with Gasteiger partial charge in [0.25, 0.3) is 0 Å². The minimum absolute atomic E-state index is 0.0220. The molecule has 28 heavy (non-hydrogen) atoms. The number of rotatable bonds is 10. The molecule has 1 aromatic rings. The molecule has 1 aliphatic rings. The molecule has 1 saturated carbocycles. The average molecular weight is 398 g/mol. The molecule has 0 aliphatic heterocycles. The number of benzene rings is 1. The molecule has 158 valence electrons. The number of carbonyl (C=O) groups excluding carboxylic acids is 1. The van der Waals surface area contributed by atoms with Crippen LogP contribution in [0.4, 0.5) is 8.78 Å². The minimum atomic E-state index is -2.90. The lowest BCUT2D eigenvalue weighted by atomic mass is 9.94. The second kappa shape index (κ2) is 11.2. The van der Waals surface area contributed by atoms with Gasteiger partial charge < -0.3 is 14.4 Å². The number of likely N-dealkylation sites (N-methyl/N-ethyl adjacent to an activating group) is 2. The molecule has 0 saturated heterocycles. The predicted octanol–water partition coefficient (Wildman–Crippen LogP) is 4.30. The summed E-state index contributed by atoms with van der Waals surface area (Å²) >= 11 is 0. The standard InChI is InChI=1S/C21H32F2N2O3/c1-4-25(17-9-7-6-8-10-17)20(26)15-24(3)14-16-11-12-18(28-21(22)23)19(13-16)27-5-2/h11-13,17,21H,4-10,14-15H2,1-3H3. The van der Waals surface area contributed by atoms with Gasteiger partial charge in [-0.3, -0.25) is 9.69 Å². The van der Waals surface area contributed by atoms with E-state index in [0.717, 1.165) is 24.9 Å². The summed E-state index contributed by atoms with van der Waals surface area (Å²) in [6.45, 7) is 2.84. The van der Waals surface area contributed by atoms with Crippen LogP contribution in [0.25, 0.3) is 0 Å². The largest absolute Gasteiger partial charge is 0.490 e. The summed E-state index contributed by atoms with van der Waals surface area (Å²) in [7, 11) is 1.89. The van der Waals surface area contributed by atoms with Crippen LogP contribution in [0.5, 0.6) is 11.5 Å². The summed E-state index contributed by atoms with van der Waals surface area (Å²) in [5.41, 5.74) is 0.876. The fourth-order valence-electron chi connectivity index (χ4n) is 3.83. The SMILES string of the molecule is CCOc1cc(CN(C)CC(=O)N(CC)C2CCCCC2)ccc1OC(F)F. The van der Waals surface area contributed by atoms with E-state index in [1.165, 1.54) is 25.3 Å². The van der Waals surface area contributed by atoms with E-state index < -0.39 is 6.61 Å². The first-order valence-electron chi connectivity index (χ1n) is 10.1. The molecular formula is C21H32F2N2O3. The lowest BCUT2D eigenvalue weighted by Crippen LogP contribution is -2.45. The van der Waals surface area contributed by atoms with Crippen LogP contribution < -0.4 is 9.47 Å². The Morgan fingerprint density at radius 3 is 2.50 bits per heavy atom. The van der Waals surface area contributed by atoms with Crippen LogP contribution in [0.15, 0.2) is 18.2 Å². The van der Waals surface area contributed by atoms with Crippen LogP contribution in [0.2, 0.25) is 0 Å². The van der Waals surface area contributed by atoms with Crippen molar-refractivity contribution < 1.29 is 23.0 Å². The van der Waals surface area contributed by atoms with E-state index in [9.17, 15) is 13.6 Å². The molecule has 0 bridgehead atoms. The van der Waals surface area contributed by atoms with E-state index in [-0.39, 0.29) is 17.4 Å². The van der Waals surface area contributed by atoms with Crippen molar-refractivity contribution in [2.45, 2.75) is 65.1 Å². The van der Waals surface area contributed by atoms with E-state index in [4.69, 9.17) is 4.74 Å². The van der Waals surface area contributed by atoms with Crippen LogP contribution in [-0.4, -0.2) is 55.1 Å². The van der Waals surface area contributed by atoms with E-state index in [0.29, 0.717) is 25.7 Å². The Bertz CT molecular complexity index is 622. The lowest BCUT2D eigenvalue weighted by molar-refractivity contribution is -0.135. The van der Waals surface area contributed by atoms with Gasteiger partial charge in [0.1, 0.15) is 0 Å². The number of carbonyl (C=O) groups is 1. The van der Waals surface area contributed by atoms with Crippen molar-refractivity contribution >= 4 is 5.91 Å². The maximum atomic E-state index is 12.8. The van der Waals surface area contributed by atoms with Crippen molar-refractivity contribution in [1.82, 2.24) is 9.80 Å². The average Bonchev–Trinajstić information content (AvgIpc) is 2.65. The first-order chi connectivity index (χ1) is 13.4. The van der Waals surface area contributed by atoms with Crippen molar-refractivity contribution in [3.8, 4) is 11.5 Å². The van der Waals surface area contributed by atoms with Crippen molar-refractivity contribution in [1.29, 1.82) is 0 Å². The van der Waals surface area contributed by atoms with Crippen LogP contribution in [-0.2, 0) is 11.3 Å². The highest BCUT2D eigenvalue weighted by molar-refractivity contribution is 5.78. The summed E-state index contributed by atoms with van der Waals surface area (Å²) in [4.78, 5) is 16.7. The number of ether oxygens (including phenoxy) is 2. The quantitative estimate of drug-likeness (QED) is 0.589. The maximum absolute atomic E-state index is 12.8. The van der Waals surface area contributed by atoms with E-state index in [1.54, 1.807) is 19.1 Å². The van der Waals surface area contributed by atoms with Crippen LogP contribution in [0.1, 0.15) is 51.5 Å². The van der Waals surface area contributed by atoms with Crippen LogP contribution in [0, 0.1) is 0 Å². The fraction of sp³-hybridized carbons (Fsp3) is 0.667. The third kappa shape index (κ3) is 6.62. The molecule has 0 unspecified atom stereocenters. The number of halogens is 2. The van der Waals surface area contributed by atoms with Gasteiger partial charge in [-0.25, -0.2) is 0 Å². The molecule has 0 heterocycles. The third-order valence-electron chi connectivity index (χ3n) is 5.06. The van der Waals surface area contributed by atoms with Gasteiger partial charge >= 0.3 is 6.61 Å². The summed E-state index contributed by atoms with van der Waals surface area (Å²) < 4.78 is 35.0. The summed E-state index contributed by atoms with van der Waals surface area (Å²) in [5.74, 6) is 0.450. The van der Waals surface area contributed by atoms with Gasteiger partial charge in [0, 0.05) is 19.1 Å². The molecule has 0 radical (unpaired) electrons. The Hall–Kier alpha value is -1.89. The van der Waals surface area contributed by atoms with E-state index in [1.807, 2.05) is 23.8 Å². The molecule has 0 N–H and O–H groups in total. The number of hydrogen-bond acceptors (Lipinski definition) is 4. The Balaban J connectivity index is 1.98. The molecule has 1 fully saturated rings. The van der Waals surface area contributed by atoms with Gasteiger partial charge in [-0.2, -0.15) is 8.78 Å². The first-order valence-corrected chi connectivity index (χ1v) is 10.1. The number of amides is 1. The maximum Gasteiger partial charge on any atom is 0.387 e. The van der Waals surface area contributed by atoms with E-state index >= 15 is 0 Å². The molecule has 2 rings (SSSR count). The molecule has 7 heteroatoms. The van der Waals surface area contributed by atoms with Crippen LogP contribution in [0.3, 0.4) is 0 Å².